The SMILES string of the molecule is CCCC(=O)CCC(C)C(C)=O.CCCC(=O)c1ccc(CC(=O)Nc2cccc(Cl)c2)cc1CC. The van der Waals surface area contributed by atoms with Gasteiger partial charge in [0.1, 0.15) is 11.6 Å². The van der Waals surface area contributed by atoms with E-state index in [4.69, 9.17) is 11.6 Å². The second-order valence-corrected chi connectivity index (χ2v) is 9.53. The van der Waals surface area contributed by atoms with Crippen LogP contribution >= 0.6 is 11.6 Å². The van der Waals surface area contributed by atoms with Crippen LogP contribution in [0.15, 0.2) is 42.5 Å². The number of Topliss-reactive ketones (excluding diaryl/α,β-unsaturated/α-hetero) is 3. The summed E-state index contributed by atoms with van der Waals surface area (Å²) in [4.78, 5) is 46.2. The largest absolute Gasteiger partial charge is 0.326 e. The number of aryl methyl sites for hydroxylation is 1. The first kappa shape index (κ1) is 31.2. The zero-order chi connectivity index (χ0) is 27.1. The maximum Gasteiger partial charge on any atom is 0.228 e. The molecule has 0 bridgehead atoms. The molecule has 0 saturated carbocycles. The Morgan fingerprint density at radius 2 is 1.61 bits per heavy atom. The molecule has 36 heavy (non-hydrogen) atoms. The molecule has 0 aliphatic rings. The maximum absolute atomic E-state index is 12.2. The predicted octanol–water partition coefficient (Wildman–Crippen LogP) is 7.43. The van der Waals surface area contributed by atoms with Gasteiger partial charge in [-0.05, 0) is 61.9 Å². The van der Waals surface area contributed by atoms with Gasteiger partial charge in [-0.2, -0.15) is 0 Å². The molecule has 1 unspecified atom stereocenters. The number of carbonyl (C=O) groups excluding carboxylic acids is 4. The number of nitrogens with one attached hydrogen (secondary N) is 1. The standard InChI is InChI=1S/C20H22ClNO2.C10H18O2/c1-3-6-19(23)18-10-9-14(11-15(18)4-2)12-20(24)22-17-8-5-7-16(21)13-17;1-4-5-10(12)7-6-8(2)9(3)11/h5,7-11,13H,3-4,6,12H2,1-2H3,(H,22,24);8H,4-7H2,1-3H3. The van der Waals surface area contributed by atoms with Gasteiger partial charge < -0.3 is 5.32 Å². The van der Waals surface area contributed by atoms with Gasteiger partial charge in [-0.3, -0.25) is 19.2 Å². The third-order valence-electron chi connectivity index (χ3n) is 5.88. The molecular weight excluding hydrogens is 474 g/mol. The summed E-state index contributed by atoms with van der Waals surface area (Å²) < 4.78 is 0. The van der Waals surface area contributed by atoms with Crippen molar-refractivity contribution in [1.29, 1.82) is 0 Å². The van der Waals surface area contributed by atoms with E-state index in [-0.39, 0.29) is 35.6 Å². The Hall–Kier alpha value is -2.79. The Labute approximate surface area is 221 Å². The van der Waals surface area contributed by atoms with Gasteiger partial charge in [0.2, 0.25) is 5.91 Å². The summed E-state index contributed by atoms with van der Waals surface area (Å²) in [5, 5.41) is 3.42. The summed E-state index contributed by atoms with van der Waals surface area (Å²) in [7, 11) is 0. The van der Waals surface area contributed by atoms with Crippen LogP contribution in [0.25, 0.3) is 0 Å². The average Bonchev–Trinajstić information content (AvgIpc) is 2.83. The fourth-order valence-corrected chi connectivity index (χ4v) is 3.81. The molecule has 2 aromatic rings. The second-order valence-electron chi connectivity index (χ2n) is 9.09. The van der Waals surface area contributed by atoms with E-state index < -0.39 is 0 Å². The van der Waals surface area contributed by atoms with E-state index in [0.717, 1.165) is 36.0 Å². The van der Waals surface area contributed by atoms with Crippen molar-refractivity contribution in [2.75, 3.05) is 5.32 Å². The van der Waals surface area contributed by atoms with Crippen LogP contribution in [0.1, 0.15) is 94.6 Å². The molecule has 0 fully saturated rings. The minimum atomic E-state index is -0.105. The lowest BCUT2D eigenvalue weighted by molar-refractivity contribution is -0.121. The van der Waals surface area contributed by atoms with Gasteiger partial charge in [0.25, 0.3) is 0 Å². The van der Waals surface area contributed by atoms with Gasteiger partial charge in [0.15, 0.2) is 5.78 Å². The first-order valence-electron chi connectivity index (χ1n) is 12.8. The number of carbonyl (C=O) groups is 4. The normalized spacial score (nSPS) is 11.2. The first-order valence-corrected chi connectivity index (χ1v) is 13.2. The quantitative estimate of drug-likeness (QED) is 0.282. The van der Waals surface area contributed by atoms with Crippen molar-refractivity contribution in [3.8, 4) is 0 Å². The molecule has 0 heterocycles. The summed E-state index contributed by atoms with van der Waals surface area (Å²) in [6, 6.07) is 12.7. The van der Waals surface area contributed by atoms with Gasteiger partial charge in [-0.1, -0.05) is 63.6 Å². The van der Waals surface area contributed by atoms with Crippen LogP contribution in [-0.4, -0.2) is 23.3 Å². The molecule has 5 nitrogen and oxygen atoms in total. The molecule has 2 rings (SSSR count). The smallest absolute Gasteiger partial charge is 0.228 e. The number of ketones is 3. The van der Waals surface area contributed by atoms with Crippen LogP contribution in [0.3, 0.4) is 0 Å². The van der Waals surface area contributed by atoms with Crippen molar-refractivity contribution in [1.82, 2.24) is 0 Å². The van der Waals surface area contributed by atoms with Gasteiger partial charge in [0.05, 0.1) is 6.42 Å². The molecule has 0 radical (unpaired) electrons. The van der Waals surface area contributed by atoms with Crippen LogP contribution in [-0.2, 0) is 27.2 Å². The van der Waals surface area contributed by atoms with E-state index in [1.54, 1.807) is 31.2 Å². The third kappa shape index (κ3) is 11.8. The molecule has 2 aromatic carbocycles. The average molecular weight is 514 g/mol. The van der Waals surface area contributed by atoms with Gasteiger partial charge in [-0.25, -0.2) is 0 Å². The number of benzene rings is 2. The number of halogens is 1. The molecular formula is C30H40ClNO4. The van der Waals surface area contributed by atoms with E-state index >= 15 is 0 Å². The molecule has 0 aliphatic carbocycles. The number of anilines is 1. The zero-order valence-electron chi connectivity index (χ0n) is 22.3. The van der Waals surface area contributed by atoms with Crippen molar-refractivity contribution in [2.24, 2.45) is 5.92 Å². The Bertz CT molecular complexity index is 1030. The molecule has 196 valence electrons. The van der Waals surface area contributed by atoms with Gasteiger partial charge in [-0.15, -0.1) is 0 Å². The van der Waals surface area contributed by atoms with Crippen LogP contribution in [0.5, 0.6) is 0 Å². The highest BCUT2D eigenvalue weighted by Gasteiger charge is 2.12. The van der Waals surface area contributed by atoms with E-state index in [9.17, 15) is 19.2 Å². The minimum Gasteiger partial charge on any atom is -0.326 e. The first-order chi connectivity index (χ1) is 17.1. The highest BCUT2D eigenvalue weighted by atomic mass is 35.5. The Balaban J connectivity index is 0.000000457. The topological polar surface area (TPSA) is 80.3 Å². The van der Waals surface area contributed by atoms with Crippen LogP contribution in [0.2, 0.25) is 5.02 Å². The van der Waals surface area contributed by atoms with E-state index in [2.05, 4.69) is 5.32 Å². The number of hydrogen-bond donors (Lipinski definition) is 1. The van der Waals surface area contributed by atoms with Crippen LogP contribution < -0.4 is 5.32 Å². The Morgan fingerprint density at radius 1 is 0.917 bits per heavy atom. The van der Waals surface area contributed by atoms with Crippen molar-refractivity contribution in [3.63, 3.8) is 0 Å². The molecule has 1 amide bonds. The molecule has 1 N–H and O–H groups in total. The highest BCUT2D eigenvalue weighted by molar-refractivity contribution is 6.30. The highest BCUT2D eigenvalue weighted by Crippen LogP contribution is 2.18. The number of rotatable bonds is 13. The lowest BCUT2D eigenvalue weighted by atomic mass is 9.96. The third-order valence-corrected chi connectivity index (χ3v) is 6.12. The van der Waals surface area contributed by atoms with E-state index in [1.807, 2.05) is 45.9 Å². The summed E-state index contributed by atoms with van der Waals surface area (Å²) in [6.07, 6.45) is 5.28. The summed E-state index contributed by atoms with van der Waals surface area (Å²) >= 11 is 5.92. The maximum atomic E-state index is 12.2. The van der Waals surface area contributed by atoms with Gasteiger partial charge >= 0.3 is 0 Å². The summed E-state index contributed by atoms with van der Waals surface area (Å²) in [6.45, 7) is 9.47. The molecule has 0 aliphatic heterocycles. The van der Waals surface area contributed by atoms with E-state index in [0.29, 0.717) is 36.4 Å². The summed E-state index contributed by atoms with van der Waals surface area (Å²) in [5.74, 6) is 0.576. The number of amides is 1. The van der Waals surface area contributed by atoms with Crippen LogP contribution in [0.4, 0.5) is 5.69 Å². The van der Waals surface area contributed by atoms with Crippen molar-refractivity contribution < 1.29 is 19.2 Å². The van der Waals surface area contributed by atoms with Crippen molar-refractivity contribution in [2.45, 2.75) is 86.0 Å². The van der Waals surface area contributed by atoms with Crippen molar-refractivity contribution >= 4 is 40.5 Å². The predicted molar refractivity (Wildman–Crippen MR) is 148 cm³/mol. The second kappa shape index (κ2) is 16.8. The lowest BCUT2D eigenvalue weighted by Crippen LogP contribution is -2.15. The monoisotopic (exact) mass is 513 g/mol. The Kier molecular flexibility index (Phi) is 14.6. The molecule has 1 atom stereocenters. The Morgan fingerprint density at radius 3 is 2.19 bits per heavy atom. The zero-order valence-corrected chi connectivity index (χ0v) is 23.0. The minimum absolute atomic E-state index is 0.0470. The fraction of sp³-hybridized carbons (Fsp3) is 0.467. The number of hydrogen-bond acceptors (Lipinski definition) is 4. The van der Waals surface area contributed by atoms with Crippen LogP contribution in [0, 0.1) is 5.92 Å². The van der Waals surface area contributed by atoms with Crippen molar-refractivity contribution in [3.05, 3.63) is 64.2 Å². The molecule has 0 saturated heterocycles. The molecule has 0 spiro atoms. The molecule has 6 heteroatoms. The molecule has 0 aromatic heterocycles. The fourth-order valence-electron chi connectivity index (χ4n) is 3.62. The van der Waals surface area contributed by atoms with Gasteiger partial charge in [0, 0.05) is 41.5 Å². The lowest BCUT2D eigenvalue weighted by Gasteiger charge is -2.10. The van der Waals surface area contributed by atoms with E-state index in [1.165, 1.54) is 0 Å². The summed E-state index contributed by atoms with van der Waals surface area (Å²) in [5.41, 5.74) is 3.36.